The Morgan fingerprint density at radius 1 is 1.45 bits per heavy atom. The third-order valence-electron chi connectivity index (χ3n) is 3.19. The number of carboxylic acids is 1. The summed E-state index contributed by atoms with van der Waals surface area (Å²) in [6.07, 6.45) is 0.870. The van der Waals surface area contributed by atoms with Gasteiger partial charge in [0.05, 0.1) is 12.2 Å². The molecule has 0 radical (unpaired) electrons. The first-order valence-corrected chi connectivity index (χ1v) is 6.58. The monoisotopic (exact) mass is 278 g/mol. The summed E-state index contributed by atoms with van der Waals surface area (Å²) in [4.78, 5) is 26.8. The molecule has 108 valence electrons. The number of anilines is 1. The van der Waals surface area contributed by atoms with E-state index in [-0.39, 0.29) is 17.3 Å². The van der Waals surface area contributed by atoms with E-state index in [1.54, 1.807) is 29.0 Å². The predicted molar refractivity (Wildman–Crippen MR) is 74.6 cm³/mol. The SMILES string of the molecule is CCCN(C)C(=O)N1CCOc2c(C(=O)O)cccc21. The number of fused-ring (bicyclic) bond motifs is 1. The maximum atomic E-state index is 12.4. The number of hydrogen-bond acceptors (Lipinski definition) is 3. The molecular weight excluding hydrogens is 260 g/mol. The topological polar surface area (TPSA) is 70.1 Å². The average molecular weight is 278 g/mol. The van der Waals surface area contributed by atoms with Crippen LogP contribution in [0.1, 0.15) is 23.7 Å². The van der Waals surface area contributed by atoms with Crippen LogP contribution in [0.25, 0.3) is 0 Å². The summed E-state index contributed by atoms with van der Waals surface area (Å²) in [7, 11) is 1.74. The van der Waals surface area contributed by atoms with Crippen molar-refractivity contribution < 1.29 is 19.4 Å². The van der Waals surface area contributed by atoms with Gasteiger partial charge < -0.3 is 14.7 Å². The molecule has 0 saturated carbocycles. The van der Waals surface area contributed by atoms with Gasteiger partial charge in [0.2, 0.25) is 0 Å². The summed E-state index contributed by atoms with van der Waals surface area (Å²) in [6, 6.07) is 4.67. The molecule has 0 saturated heterocycles. The first-order chi connectivity index (χ1) is 9.56. The molecule has 0 unspecified atom stereocenters. The van der Waals surface area contributed by atoms with Crippen LogP contribution in [0.2, 0.25) is 0 Å². The van der Waals surface area contributed by atoms with E-state index in [2.05, 4.69) is 0 Å². The summed E-state index contributed by atoms with van der Waals surface area (Å²) in [6.45, 7) is 3.37. The van der Waals surface area contributed by atoms with Crippen molar-refractivity contribution in [1.29, 1.82) is 0 Å². The number of benzene rings is 1. The second kappa shape index (κ2) is 5.81. The van der Waals surface area contributed by atoms with E-state index in [0.29, 0.717) is 25.4 Å². The molecule has 0 spiro atoms. The molecule has 6 nitrogen and oxygen atoms in total. The largest absolute Gasteiger partial charge is 0.489 e. The van der Waals surface area contributed by atoms with Crippen molar-refractivity contribution in [3.05, 3.63) is 23.8 Å². The number of para-hydroxylation sites is 1. The standard InChI is InChI=1S/C14H18N2O4/c1-3-7-15(2)14(19)16-8-9-20-12-10(13(17)18)5-4-6-11(12)16/h4-6H,3,7-9H2,1-2H3,(H,17,18). The van der Waals surface area contributed by atoms with Crippen LogP contribution in [0.3, 0.4) is 0 Å². The quantitative estimate of drug-likeness (QED) is 0.918. The predicted octanol–water partition coefficient (Wildman–Crippen LogP) is 2.05. The molecule has 2 amide bonds. The van der Waals surface area contributed by atoms with Crippen molar-refractivity contribution in [1.82, 2.24) is 4.90 Å². The van der Waals surface area contributed by atoms with Gasteiger partial charge in [-0.05, 0) is 18.6 Å². The Bertz CT molecular complexity index is 530. The lowest BCUT2D eigenvalue weighted by Crippen LogP contribution is -2.45. The summed E-state index contributed by atoms with van der Waals surface area (Å²) in [5.41, 5.74) is 0.599. The molecule has 1 aromatic rings. The first-order valence-electron chi connectivity index (χ1n) is 6.58. The van der Waals surface area contributed by atoms with E-state index in [1.165, 1.54) is 6.07 Å². The zero-order valence-electron chi connectivity index (χ0n) is 11.6. The molecule has 1 N–H and O–H groups in total. The highest BCUT2D eigenvalue weighted by Crippen LogP contribution is 2.35. The Hall–Kier alpha value is -2.24. The molecule has 0 aromatic heterocycles. The molecule has 0 aliphatic carbocycles. The van der Waals surface area contributed by atoms with Crippen LogP contribution in [0, 0.1) is 0 Å². The van der Waals surface area contributed by atoms with Gasteiger partial charge in [-0.25, -0.2) is 9.59 Å². The smallest absolute Gasteiger partial charge is 0.339 e. The van der Waals surface area contributed by atoms with Gasteiger partial charge in [-0.2, -0.15) is 0 Å². The molecular formula is C14H18N2O4. The van der Waals surface area contributed by atoms with Crippen LogP contribution >= 0.6 is 0 Å². The van der Waals surface area contributed by atoms with Crippen LogP contribution in [0.5, 0.6) is 5.75 Å². The number of carbonyl (C=O) groups excluding carboxylic acids is 1. The molecule has 0 bridgehead atoms. The van der Waals surface area contributed by atoms with Crippen LogP contribution < -0.4 is 9.64 Å². The van der Waals surface area contributed by atoms with E-state index in [4.69, 9.17) is 9.84 Å². The highest BCUT2D eigenvalue weighted by Gasteiger charge is 2.28. The van der Waals surface area contributed by atoms with E-state index in [0.717, 1.165) is 6.42 Å². The van der Waals surface area contributed by atoms with Crippen LogP contribution in [-0.4, -0.2) is 48.8 Å². The first kappa shape index (κ1) is 14.2. The number of ether oxygens (including phenoxy) is 1. The van der Waals surface area contributed by atoms with Crippen molar-refractivity contribution >= 4 is 17.7 Å². The number of nitrogens with zero attached hydrogens (tertiary/aromatic N) is 2. The summed E-state index contributed by atoms with van der Waals surface area (Å²) in [5, 5.41) is 9.17. The molecule has 2 rings (SSSR count). The van der Waals surface area contributed by atoms with Crippen molar-refractivity contribution in [3.63, 3.8) is 0 Å². The zero-order valence-corrected chi connectivity index (χ0v) is 11.6. The zero-order chi connectivity index (χ0) is 14.7. The lowest BCUT2D eigenvalue weighted by molar-refractivity contribution is 0.0691. The third-order valence-corrected chi connectivity index (χ3v) is 3.19. The molecule has 1 aromatic carbocycles. The number of amides is 2. The van der Waals surface area contributed by atoms with Crippen LogP contribution in [0.15, 0.2) is 18.2 Å². The third kappa shape index (κ3) is 2.54. The lowest BCUT2D eigenvalue weighted by Gasteiger charge is -2.33. The Labute approximate surface area is 117 Å². The van der Waals surface area contributed by atoms with Gasteiger partial charge in [0.25, 0.3) is 0 Å². The number of carboxylic acid groups (broad SMARTS) is 1. The summed E-state index contributed by atoms with van der Waals surface area (Å²) < 4.78 is 5.44. The van der Waals surface area contributed by atoms with E-state index in [9.17, 15) is 9.59 Å². The number of aromatic carboxylic acids is 1. The van der Waals surface area contributed by atoms with Gasteiger partial charge in [0, 0.05) is 13.6 Å². The maximum absolute atomic E-state index is 12.4. The fraction of sp³-hybridized carbons (Fsp3) is 0.429. The van der Waals surface area contributed by atoms with Gasteiger partial charge >= 0.3 is 12.0 Å². The van der Waals surface area contributed by atoms with E-state index in [1.807, 2.05) is 6.92 Å². The van der Waals surface area contributed by atoms with Gasteiger partial charge in [0.1, 0.15) is 12.2 Å². The fourth-order valence-corrected chi connectivity index (χ4v) is 2.25. The molecule has 1 aliphatic rings. The Balaban J connectivity index is 2.36. The Kier molecular flexibility index (Phi) is 4.12. The van der Waals surface area contributed by atoms with Gasteiger partial charge in [-0.1, -0.05) is 13.0 Å². The van der Waals surface area contributed by atoms with Crippen molar-refractivity contribution in [2.24, 2.45) is 0 Å². The number of urea groups is 1. The Morgan fingerprint density at radius 3 is 2.85 bits per heavy atom. The van der Waals surface area contributed by atoms with Crippen molar-refractivity contribution in [2.45, 2.75) is 13.3 Å². The summed E-state index contributed by atoms with van der Waals surface area (Å²) >= 11 is 0. The highest BCUT2D eigenvalue weighted by atomic mass is 16.5. The van der Waals surface area contributed by atoms with E-state index < -0.39 is 5.97 Å². The minimum Gasteiger partial charge on any atom is -0.489 e. The van der Waals surface area contributed by atoms with Crippen molar-refractivity contribution in [2.75, 3.05) is 31.6 Å². The van der Waals surface area contributed by atoms with Gasteiger partial charge in [-0.15, -0.1) is 0 Å². The molecule has 20 heavy (non-hydrogen) atoms. The lowest BCUT2D eigenvalue weighted by atomic mass is 10.1. The minimum absolute atomic E-state index is 0.0816. The minimum atomic E-state index is -1.06. The molecule has 1 aliphatic heterocycles. The Morgan fingerprint density at radius 2 is 2.20 bits per heavy atom. The molecule has 0 fully saturated rings. The fourth-order valence-electron chi connectivity index (χ4n) is 2.25. The second-order valence-electron chi connectivity index (χ2n) is 4.66. The number of carbonyl (C=O) groups is 2. The maximum Gasteiger partial charge on any atom is 0.339 e. The van der Waals surface area contributed by atoms with Crippen LogP contribution in [-0.2, 0) is 0 Å². The van der Waals surface area contributed by atoms with Gasteiger partial charge in [-0.3, -0.25) is 4.90 Å². The normalized spacial score (nSPS) is 13.4. The number of rotatable bonds is 3. The second-order valence-corrected chi connectivity index (χ2v) is 4.66. The highest BCUT2D eigenvalue weighted by molar-refractivity contribution is 5.99. The molecule has 0 atom stereocenters. The summed E-state index contributed by atoms with van der Waals surface area (Å²) in [5.74, 6) is -0.789. The van der Waals surface area contributed by atoms with Gasteiger partial charge in [0.15, 0.2) is 5.75 Å². The van der Waals surface area contributed by atoms with Crippen molar-refractivity contribution in [3.8, 4) is 5.75 Å². The molecule has 1 heterocycles. The number of hydrogen-bond donors (Lipinski definition) is 1. The molecule has 6 heteroatoms. The van der Waals surface area contributed by atoms with Crippen LogP contribution in [0.4, 0.5) is 10.5 Å². The van der Waals surface area contributed by atoms with E-state index >= 15 is 0 Å². The average Bonchev–Trinajstić information content (AvgIpc) is 2.45.